The standard InChI is InChI=1S/C18H21NO2/c1-15(17-10-6-3-7-11-17)19-13-12-18(20)21-14-16-8-4-2-5-9-16/h2-11,15,19H,12-14H2,1H3/t15-/m1/s1. The van der Waals surface area contributed by atoms with Gasteiger partial charge in [0.15, 0.2) is 0 Å². The maximum atomic E-state index is 11.7. The number of hydrogen-bond acceptors (Lipinski definition) is 3. The number of hydrogen-bond donors (Lipinski definition) is 1. The van der Waals surface area contributed by atoms with Crippen molar-refractivity contribution in [2.24, 2.45) is 0 Å². The second kappa shape index (κ2) is 8.22. The number of esters is 1. The predicted molar refractivity (Wildman–Crippen MR) is 83.7 cm³/mol. The first-order chi connectivity index (χ1) is 10.3. The molecule has 0 spiro atoms. The number of rotatable bonds is 7. The summed E-state index contributed by atoms with van der Waals surface area (Å²) in [6.45, 7) is 3.04. The van der Waals surface area contributed by atoms with Crippen molar-refractivity contribution in [3.8, 4) is 0 Å². The van der Waals surface area contributed by atoms with E-state index < -0.39 is 0 Å². The second-order valence-electron chi connectivity index (χ2n) is 4.98. The van der Waals surface area contributed by atoms with Gasteiger partial charge in [0.25, 0.3) is 0 Å². The Labute approximate surface area is 126 Å². The summed E-state index contributed by atoms with van der Waals surface area (Å²) in [7, 11) is 0. The molecule has 0 bridgehead atoms. The largest absolute Gasteiger partial charge is 0.461 e. The summed E-state index contributed by atoms with van der Waals surface area (Å²) in [5, 5.41) is 3.33. The van der Waals surface area contributed by atoms with Crippen molar-refractivity contribution in [3.63, 3.8) is 0 Å². The summed E-state index contributed by atoms with van der Waals surface area (Å²) in [6, 6.07) is 20.1. The molecule has 21 heavy (non-hydrogen) atoms. The van der Waals surface area contributed by atoms with Crippen molar-refractivity contribution in [1.29, 1.82) is 0 Å². The van der Waals surface area contributed by atoms with Crippen LogP contribution >= 0.6 is 0 Å². The van der Waals surface area contributed by atoms with Crippen molar-refractivity contribution in [3.05, 3.63) is 71.8 Å². The summed E-state index contributed by atoms with van der Waals surface area (Å²) < 4.78 is 5.24. The Bertz CT molecular complexity index is 540. The van der Waals surface area contributed by atoms with Crippen LogP contribution in [0.15, 0.2) is 60.7 Å². The molecule has 0 aromatic heterocycles. The third-order valence-electron chi connectivity index (χ3n) is 3.32. The molecular weight excluding hydrogens is 262 g/mol. The predicted octanol–water partition coefficient (Wildman–Crippen LogP) is 3.47. The normalized spacial score (nSPS) is 11.9. The van der Waals surface area contributed by atoms with E-state index in [0.717, 1.165) is 5.56 Å². The fourth-order valence-electron chi connectivity index (χ4n) is 2.06. The Morgan fingerprint density at radius 3 is 2.33 bits per heavy atom. The fourth-order valence-corrected chi connectivity index (χ4v) is 2.06. The van der Waals surface area contributed by atoms with Crippen LogP contribution in [0.3, 0.4) is 0 Å². The molecule has 0 fully saturated rings. The van der Waals surface area contributed by atoms with Gasteiger partial charge in [0.05, 0.1) is 6.42 Å². The Kier molecular flexibility index (Phi) is 5.98. The van der Waals surface area contributed by atoms with Crippen LogP contribution in [0.5, 0.6) is 0 Å². The smallest absolute Gasteiger partial charge is 0.307 e. The molecule has 1 atom stereocenters. The van der Waals surface area contributed by atoms with E-state index in [9.17, 15) is 4.79 Å². The topological polar surface area (TPSA) is 38.3 Å². The monoisotopic (exact) mass is 283 g/mol. The second-order valence-corrected chi connectivity index (χ2v) is 4.98. The summed E-state index contributed by atoms with van der Waals surface area (Å²) >= 11 is 0. The van der Waals surface area contributed by atoms with Gasteiger partial charge < -0.3 is 10.1 Å². The average Bonchev–Trinajstić information content (AvgIpc) is 2.54. The number of carbonyl (C=O) groups is 1. The highest BCUT2D eigenvalue weighted by molar-refractivity contribution is 5.69. The molecule has 3 nitrogen and oxygen atoms in total. The van der Waals surface area contributed by atoms with Crippen molar-refractivity contribution in [1.82, 2.24) is 5.32 Å². The SMILES string of the molecule is C[C@@H](NCCC(=O)OCc1ccccc1)c1ccccc1. The Hall–Kier alpha value is -2.13. The first-order valence-electron chi connectivity index (χ1n) is 7.23. The maximum Gasteiger partial charge on any atom is 0.307 e. The van der Waals surface area contributed by atoms with Gasteiger partial charge in [0.1, 0.15) is 6.61 Å². The number of carbonyl (C=O) groups excluding carboxylic acids is 1. The van der Waals surface area contributed by atoms with Crippen LogP contribution in [0.2, 0.25) is 0 Å². The number of benzene rings is 2. The zero-order chi connectivity index (χ0) is 14.9. The molecule has 0 heterocycles. The summed E-state index contributed by atoms with van der Waals surface area (Å²) in [5.74, 6) is -0.174. The Morgan fingerprint density at radius 1 is 1.05 bits per heavy atom. The number of ether oxygens (including phenoxy) is 1. The van der Waals surface area contributed by atoms with E-state index in [0.29, 0.717) is 19.6 Å². The quantitative estimate of drug-likeness (QED) is 0.791. The van der Waals surface area contributed by atoms with Gasteiger partial charge in [-0.1, -0.05) is 60.7 Å². The molecule has 0 aliphatic carbocycles. The first-order valence-corrected chi connectivity index (χ1v) is 7.23. The summed E-state index contributed by atoms with van der Waals surface area (Å²) in [5.41, 5.74) is 2.23. The lowest BCUT2D eigenvalue weighted by Gasteiger charge is -2.13. The van der Waals surface area contributed by atoms with Gasteiger partial charge in [0.2, 0.25) is 0 Å². The van der Waals surface area contributed by atoms with Crippen molar-refractivity contribution < 1.29 is 9.53 Å². The van der Waals surface area contributed by atoms with Crippen molar-refractivity contribution in [2.45, 2.75) is 26.0 Å². The van der Waals surface area contributed by atoms with Gasteiger partial charge in [-0.2, -0.15) is 0 Å². The molecule has 110 valence electrons. The Balaban J connectivity index is 1.65. The molecule has 3 heteroatoms. The van der Waals surface area contributed by atoms with Gasteiger partial charge in [-0.3, -0.25) is 4.79 Å². The van der Waals surface area contributed by atoms with Gasteiger partial charge >= 0.3 is 5.97 Å². The van der Waals surface area contributed by atoms with Crippen LogP contribution in [0.1, 0.15) is 30.5 Å². The fraction of sp³-hybridized carbons (Fsp3) is 0.278. The highest BCUT2D eigenvalue weighted by Crippen LogP contribution is 2.10. The van der Waals surface area contributed by atoms with Gasteiger partial charge in [-0.15, -0.1) is 0 Å². The average molecular weight is 283 g/mol. The molecule has 1 N–H and O–H groups in total. The van der Waals surface area contributed by atoms with Crippen LogP contribution in [-0.4, -0.2) is 12.5 Å². The zero-order valence-electron chi connectivity index (χ0n) is 12.3. The van der Waals surface area contributed by atoms with Crippen molar-refractivity contribution >= 4 is 5.97 Å². The highest BCUT2D eigenvalue weighted by atomic mass is 16.5. The van der Waals surface area contributed by atoms with E-state index in [2.05, 4.69) is 24.4 Å². The van der Waals surface area contributed by atoms with Gasteiger partial charge in [0, 0.05) is 12.6 Å². The van der Waals surface area contributed by atoms with Crippen LogP contribution in [0, 0.1) is 0 Å². The van der Waals surface area contributed by atoms with E-state index in [1.165, 1.54) is 5.56 Å². The molecule has 0 amide bonds. The minimum atomic E-state index is -0.174. The van der Waals surface area contributed by atoms with Gasteiger partial charge in [-0.05, 0) is 18.1 Å². The van der Waals surface area contributed by atoms with Gasteiger partial charge in [-0.25, -0.2) is 0 Å². The van der Waals surface area contributed by atoms with Crippen molar-refractivity contribution in [2.75, 3.05) is 6.54 Å². The molecule has 0 aliphatic heterocycles. The molecule has 0 aliphatic rings. The molecule has 2 rings (SSSR count). The van der Waals surface area contributed by atoms with Crippen LogP contribution in [0.25, 0.3) is 0 Å². The third-order valence-corrected chi connectivity index (χ3v) is 3.32. The lowest BCUT2D eigenvalue weighted by Crippen LogP contribution is -2.22. The minimum absolute atomic E-state index is 0.174. The van der Waals surface area contributed by atoms with Crippen LogP contribution in [-0.2, 0) is 16.1 Å². The summed E-state index contributed by atoms with van der Waals surface area (Å²) in [6.07, 6.45) is 0.379. The van der Waals surface area contributed by atoms with Crippen LogP contribution in [0.4, 0.5) is 0 Å². The zero-order valence-corrected chi connectivity index (χ0v) is 12.3. The molecule has 2 aromatic rings. The lowest BCUT2D eigenvalue weighted by atomic mass is 10.1. The molecular formula is C18H21NO2. The van der Waals surface area contributed by atoms with E-state index in [1.807, 2.05) is 48.5 Å². The molecule has 0 saturated carbocycles. The first kappa shape index (κ1) is 15.3. The number of nitrogens with one attached hydrogen (secondary N) is 1. The highest BCUT2D eigenvalue weighted by Gasteiger charge is 2.06. The van der Waals surface area contributed by atoms with E-state index >= 15 is 0 Å². The van der Waals surface area contributed by atoms with Crippen LogP contribution < -0.4 is 5.32 Å². The molecule has 0 saturated heterocycles. The van der Waals surface area contributed by atoms with E-state index in [1.54, 1.807) is 0 Å². The Morgan fingerprint density at radius 2 is 1.67 bits per heavy atom. The molecule has 2 aromatic carbocycles. The van der Waals surface area contributed by atoms with E-state index in [-0.39, 0.29) is 12.0 Å². The maximum absolute atomic E-state index is 11.7. The molecule has 0 radical (unpaired) electrons. The summed E-state index contributed by atoms with van der Waals surface area (Å²) in [4.78, 5) is 11.7. The minimum Gasteiger partial charge on any atom is -0.461 e. The third kappa shape index (κ3) is 5.40. The lowest BCUT2D eigenvalue weighted by molar-refractivity contribution is -0.144. The van der Waals surface area contributed by atoms with E-state index in [4.69, 9.17) is 4.74 Å². The molecule has 0 unspecified atom stereocenters.